The molecule has 94 valence electrons. The number of benzene rings is 1. The summed E-state index contributed by atoms with van der Waals surface area (Å²) < 4.78 is 2.23. The van der Waals surface area contributed by atoms with Gasteiger partial charge in [0.25, 0.3) is 0 Å². The zero-order valence-electron chi connectivity index (χ0n) is 11.8. The van der Waals surface area contributed by atoms with Crippen molar-refractivity contribution in [3.63, 3.8) is 0 Å². The Labute approximate surface area is 110 Å². The second-order valence-electron chi connectivity index (χ2n) is 5.61. The van der Waals surface area contributed by atoms with Crippen molar-refractivity contribution >= 4 is 19.1 Å². The first-order valence-corrected chi connectivity index (χ1v) is 9.91. The Morgan fingerprint density at radius 2 is 2.00 bits per heavy atom. The highest BCUT2D eigenvalue weighted by Gasteiger charge is 2.08. The third-order valence-corrected chi connectivity index (χ3v) is 3.71. The molecule has 0 saturated heterocycles. The first-order valence-electron chi connectivity index (χ1n) is 6.41. The fraction of sp³-hybridized carbons (Fsp3) is 0.400. The monoisotopic (exact) mass is 256 g/mol. The highest BCUT2D eigenvalue weighted by Crippen LogP contribution is 2.17. The standard InChI is InChI=1S/C15H20N2Si/c1-6-17-12(2)16-14-11-13(7-8-15(14)17)9-10-18(3,4)5/h7-8,11H,6H2,1-5H3. The van der Waals surface area contributed by atoms with E-state index in [0.29, 0.717) is 0 Å². The van der Waals surface area contributed by atoms with E-state index in [4.69, 9.17) is 0 Å². The molecule has 3 heteroatoms. The third-order valence-electron chi connectivity index (χ3n) is 2.84. The molecule has 0 aliphatic rings. The molecule has 0 saturated carbocycles. The summed E-state index contributed by atoms with van der Waals surface area (Å²) in [5.41, 5.74) is 6.72. The Hall–Kier alpha value is -1.53. The van der Waals surface area contributed by atoms with Crippen molar-refractivity contribution in [3.8, 4) is 11.5 Å². The van der Waals surface area contributed by atoms with Crippen molar-refractivity contribution in [2.24, 2.45) is 0 Å². The number of nitrogens with zero attached hydrogens (tertiary/aromatic N) is 2. The van der Waals surface area contributed by atoms with Crippen LogP contribution in [-0.4, -0.2) is 17.6 Å². The molecular weight excluding hydrogens is 236 g/mol. The second-order valence-corrected chi connectivity index (χ2v) is 10.4. The number of aryl methyl sites for hydroxylation is 2. The molecule has 0 amide bonds. The molecule has 0 fully saturated rings. The molecule has 0 unspecified atom stereocenters. The maximum Gasteiger partial charge on any atom is 0.129 e. The molecular formula is C15H20N2Si. The number of hydrogen-bond acceptors (Lipinski definition) is 1. The number of imidazole rings is 1. The van der Waals surface area contributed by atoms with E-state index in [2.05, 4.69) is 72.7 Å². The Bertz CT molecular complexity index is 636. The van der Waals surface area contributed by atoms with Gasteiger partial charge in [-0.25, -0.2) is 4.98 Å². The summed E-state index contributed by atoms with van der Waals surface area (Å²) in [5.74, 6) is 4.36. The van der Waals surface area contributed by atoms with E-state index in [1.165, 1.54) is 5.52 Å². The van der Waals surface area contributed by atoms with Crippen LogP contribution in [-0.2, 0) is 6.54 Å². The van der Waals surface area contributed by atoms with Gasteiger partial charge in [-0.3, -0.25) is 0 Å². The fourth-order valence-corrected chi connectivity index (χ4v) is 2.51. The van der Waals surface area contributed by atoms with Gasteiger partial charge in [0.1, 0.15) is 13.9 Å². The SMILES string of the molecule is CCn1c(C)nc2cc(C#C[Si](C)(C)C)ccc21. The van der Waals surface area contributed by atoms with Crippen LogP contribution in [0.5, 0.6) is 0 Å². The van der Waals surface area contributed by atoms with Crippen LogP contribution in [0.25, 0.3) is 11.0 Å². The molecule has 0 aliphatic heterocycles. The van der Waals surface area contributed by atoms with Gasteiger partial charge in [0.15, 0.2) is 0 Å². The van der Waals surface area contributed by atoms with Crippen molar-refractivity contribution in [3.05, 3.63) is 29.6 Å². The Balaban J connectivity index is 2.48. The lowest BCUT2D eigenvalue weighted by atomic mass is 10.2. The Morgan fingerprint density at radius 1 is 1.28 bits per heavy atom. The summed E-state index contributed by atoms with van der Waals surface area (Å²) >= 11 is 0. The van der Waals surface area contributed by atoms with Crippen LogP contribution in [0, 0.1) is 18.4 Å². The Morgan fingerprint density at radius 3 is 2.61 bits per heavy atom. The number of fused-ring (bicyclic) bond motifs is 1. The molecule has 1 aromatic heterocycles. The van der Waals surface area contributed by atoms with Crippen LogP contribution in [0.15, 0.2) is 18.2 Å². The topological polar surface area (TPSA) is 17.8 Å². The average molecular weight is 256 g/mol. The molecule has 2 aromatic rings. The van der Waals surface area contributed by atoms with E-state index in [0.717, 1.165) is 23.4 Å². The molecule has 1 heterocycles. The molecule has 0 bridgehead atoms. The van der Waals surface area contributed by atoms with Gasteiger partial charge >= 0.3 is 0 Å². The summed E-state index contributed by atoms with van der Waals surface area (Å²) in [6.45, 7) is 11.9. The molecule has 0 radical (unpaired) electrons. The van der Waals surface area contributed by atoms with Gasteiger partial charge in [-0.2, -0.15) is 0 Å². The zero-order chi connectivity index (χ0) is 13.3. The van der Waals surface area contributed by atoms with Crippen molar-refractivity contribution in [1.82, 2.24) is 9.55 Å². The number of aromatic nitrogens is 2. The third kappa shape index (κ3) is 2.65. The highest BCUT2D eigenvalue weighted by molar-refractivity contribution is 6.83. The largest absolute Gasteiger partial charge is 0.329 e. The molecule has 18 heavy (non-hydrogen) atoms. The van der Waals surface area contributed by atoms with Crippen molar-refractivity contribution in [2.45, 2.75) is 40.0 Å². The lowest BCUT2D eigenvalue weighted by molar-refractivity contribution is 0.753. The second kappa shape index (κ2) is 4.62. The average Bonchev–Trinajstić information content (AvgIpc) is 2.59. The van der Waals surface area contributed by atoms with E-state index in [9.17, 15) is 0 Å². The van der Waals surface area contributed by atoms with Crippen LogP contribution in [0.2, 0.25) is 19.6 Å². The van der Waals surface area contributed by atoms with E-state index in [-0.39, 0.29) is 0 Å². The predicted molar refractivity (Wildman–Crippen MR) is 80.4 cm³/mol. The van der Waals surface area contributed by atoms with E-state index in [1.807, 2.05) is 0 Å². The van der Waals surface area contributed by atoms with Gasteiger partial charge < -0.3 is 4.57 Å². The maximum atomic E-state index is 4.60. The van der Waals surface area contributed by atoms with Crippen molar-refractivity contribution in [1.29, 1.82) is 0 Å². The molecule has 1 aromatic carbocycles. The summed E-state index contributed by atoms with van der Waals surface area (Å²) in [6, 6.07) is 6.33. The van der Waals surface area contributed by atoms with E-state index in [1.54, 1.807) is 0 Å². The van der Waals surface area contributed by atoms with Gasteiger partial charge in [0.05, 0.1) is 11.0 Å². The van der Waals surface area contributed by atoms with E-state index >= 15 is 0 Å². The van der Waals surface area contributed by atoms with Gasteiger partial charge in [-0.1, -0.05) is 25.6 Å². The molecule has 0 N–H and O–H groups in total. The summed E-state index contributed by atoms with van der Waals surface area (Å²) in [4.78, 5) is 4.60. The van der Waals surface area contributed by atoms with Crippen molar-refractivity contribution in [2.75, 3.05) is 0 Å². The minimum absolute atomic E-state index is 0.961. The molecule has 0 spiro atoms. The molecule has 0 atom stereocenters. The summed E-state index contributed by atoms with van der Waals surface area (Å²) in [5, 5.41) is 0. The minimum atomic E-state index is -1.31. The maximum absolute atomic E-state index is 4.60. The van der Waals surface area contributed by atoms with Gasteiger partial charge in [-0.05, 0) is 32.0 Å². The van der Waals surface area contributed by atoms with Crippen LogP contribution in [0.4, 0.5) is 0 Å². The molecule has 2 rings (SSSR count). The molecule has 0 aliphatic carbocycles. The summed E-state index contributed by atoms with van der Waals surface area (Å²) in [6.07, 6.45) is 0. The van der Waals surface area contributed by atoms with E-state index < -0.39 is 8.07 Å². The smallest absolute Gasteiger partial charge is 0.129 e. The quantitative estimate of drug-likeness (QED) is 0.563. The minimum Gasteiger partial charge on any atom is -0.329 e. The number of rotatable bonds is 1. The lowest BCUT2D eigenvalue weighted by Crippen LogP contribution is -2.16. The number of hydrogen-bond donors (Lipinski definition) is 0. The first-order chi connectivity index (χ1) is 8.40. The predicted octanol–water partition coefficient (Wildman–Crippen LogP) is 3.59. The van der Waals surface area contributed by atoms with Crippen LogP contribution in [0.3, 0.4) is 0 Å². The van der Waals surface area contributed by atoms with Crippen molar-refractivity contribution < 1.29 is 0 Å². The van der Waals surface area contributed by atoms with Gasteiger partial charge in [0, 0.05) is 12.1 Å². The van der Waals surface area contributed by atoms with Gasteiger partial charge in [0.2, 0.25) is 0 Å². The van der Waals surface area contributed by atoms with Crippen LogP contribution >= 0.6 is 0 Å². The van der Waals surface area contributed by atoms with Gasteiger partial charge in [-0.15, -0.1) is 5.54 Å². The zero-order valence-corrected chi connectivity index (χ0v) is 12.8. The lowest BCUT2D eigenvalue weighted by Gasteiger charge is -2.03. The fourth-order valence-electron chi connectivity index (χ4n) is 1.99. The highest BCUT2D eigenvalue weighted by atomic mass is 28.3. The first kappa shape index (κ1) is 12.9. The molecule has 2 nitrogen and oxygen atoms in total. The Kier molecular flexibility index (Phi) is 3.31. The van der Waals surface area contributed by atoms with Crippen LogP contribution < -0.4 is 0 Å². The summed E-state index contributed by atoms with van der Waals surface area (Å²) in [7, 11) is -1.31. The normalized spacial score (nSPS) is 11.4. The van der Waals surface area contributed by atoms with Crippen LogP contribution in [0.1, 0.15) is 18.3 Å².